The maximum absolute atomic E-state index is 13.3. The first-order valence-electron chi connectivity index (χ1n) is 11.3. The molecular weight excluding hydrogens is 538 g/mol. The lowest BCUT2D eigenvalue weighted by Crippen LogP contribution is -2.27. The van der Waals surface area contributed by atoms with Gasteiger partial charge in [-0.25, -0.2) is 0 Å². The van der Waals surface area contributed by atoms with Crippen molar-refractivity contribution in [2.45, 2.75) is 13.2 Å². The van der Waals surface area contributed by atoms with E-state index in [-0.39, 0.29) is 17.7 Å². The highest BCUT2D eigenvalue weighted by Crippen LogP contribution is 2.38. The summed E-state index contributed by atoms with van der Waals surface area (Å²) in [4.78, 5) is 27.8. The summed E-state index contributed by atoms with van der Waals surface area (Å²) in [6.07, 6.45) is 1.70. The van der Waals surface area contributed by atoms with Crippen LogP contribution in [-0.2, 0) is 17.9 Å². The number of hydrogen-bond acceptors (Lipinski definition) is 5. The number of carbonyl (C=O) groups excluding carboxylic acids is 2. The van der Waals surface area contributed by atoms with Crippen LogP contribution in [0.2, 0.25) is 0 Å². The van der Waals surface area contributed by atoms with E-state index in [1.54, 1.807) is 19.3 Å². The number of carbonyl (C=O) groups is 2. The van der Waals surface area contributed by atoms with Crippen molar-refractivity contribution < 1.29 is 19.1 Å². The normalized spacial score (nSPS) is 14.6. The first kappa shape index (κ1) is 24.2. The van der Waals surface area contributed by atoms with Gasteiger partial charge < -0.3 is 9.47 Å². The minimum Gasteiger partial charge on any atom is -0.493 e. The van der Waals surface area contributed by atoms with Crippen molar-refractivity contribution in [3.05, 3.63) is 111 Å². The Kier molecular flexibility index (Phi) is 7.11. The SMILES string of the molecule is COc1cccc(/C=C2\SC(=O)N(Cc3cccc4ccccc34)C2=O)c1OCc1ccc(Br)cc1. The molecule has 7 heteroatoms. The van der Waals surface area contributed by atoms with Crippen molar-refractivity contribution in [3.8, 4) is 11.5 Å². The van der Waals surface area contributed by atoms with Crippen LogP contribution >= 0.6 is 27.7 Å². The molecule has 2 amide bonds. The van der Waals surface area contributed by atoms with Crippen molar-refractivity contribution in [1.82, 2.24) is 4.90 Å². The standard InChI is InChI=1S/C29H22BrNO4S/c1-34-25-11-5-8-21(27(25)35-18-19-12-14-23(30)15-13-19)16-26-28(32)31(29(33)36-26)17-22-9-4-7-20-6-2-3-10-24(20)22/h2-16H,17-18H2,1H3/b26-16-. The topological polar surface area (TPSA) is 55.8 Å². The molecule has 4 aromatic carbocycles. The number of imide groups is 1. The number of amides is 2. The van der Waals surface area contributed by atoms with E-state index in [1.807, 2.05) is 78.9 Å². The molecule has 0 N–H and O–H groups in total. The fourth-order valence-electron chi connectivity index (χ4n) is 4.08. The van der Waals surface area contributed by atoms with Crippen LogP contribution in [-0.4, -0.2) is 23.2 Å². The highest BCUT2D eigenvalue weighted by Gasteiger charge is 2.35. The van der Waals surface area contributed by atoms with Gasteiger partial charge in [-0.2, -0.15) is 0 Å². The van der Waals surface area contributed by atoms with Crippen molar-refractivity contribution in [2.75, 3.05) is 7.11 Å². The summed E-state index contributed by atoms with van der Waals surface area (Å²) in [7, 11) is 1.57. The number of halogens is 1. The quantitative estimate of drug-likeness (QED) is 0.220. The molecule has 0 aliphatic carbocycles. The van der Waals surface area contributed by atoms with Crippen molar-refractivity contribution in [3.63, 3.8) is 0 Å². The molecule has 0 unspecified atom stereocenters. The summed E-state index contributed by atoms with van der Waals surface area (Å²) >= 11 is 4.37. The Bertz CT molecular complexity index is 1480. The van der Waals surface area contributed by atoms with E-state index in [2.05, 4.69) is 15.9 Å². The van der Waals surface area contributed by atoms with Gasteiger partial charge in [0.15, 0.2) is 11.5 Å². The highest BCUT2D eigenvalue weighted by atomic mass is 79.9. The van der Waals surface area contributed by atoms with E-state index in [1.165, 1.54) is 4.90 Å². The molecule has 5 nitrogen and oxygen atoms in total. The number of benzene rings is 4. The van der Waals surface area contributed by atoms with Gasteiger partial charge in [0.25, 0.3) is 11.1 Å². The smallest absolute Gasteiger partial charge is 0.293 e. The maximum atomic E-state index is 13.3. The Morgan fingerprint density at radius 3 is 2.47 bits per heavy atom. The number of nitrogens with zero attached hydrogens (tertiary/aromatic N) is 1. The predicted molar refractivity (Wildman–Crippen MR) is 147 cm³/mol. The van der Waals surface area contributed by atoms with Crippen molar-refractivity contribution in [1.29, 1.82) is 0 Å². The third kappa shape index (κ3) is 5.03. The van der Waals surface area contributed by atoms with Gasteiger partial charge in [-0.05, 0) is 57.9 Å². The summed E-state index contributed by atoms with van der Waals surface area (Å²) in [5, 5.41) is 1.81. The predicted octanol–water partition coefficient (Wildman–Crippen LogP) is 7.43. The summed E-state index contributed by atoms with van der Waals surface area (Å²) in [5.41, 5.74) is 2.59. The van der Waals surface area contributed by atoms with E-state index >= 15 is 0 Å². The van der Waals surface area contributed by atoms with Gasteiger partial charge >= 0.3 is 0 Å². The molecule has 1 aliphatic rings. The number of hydrogen-bond donors (Lipinski definition) is 0. The van der Waals surface area contributed by atoms with E-state index in [9.17, 15) is 9.59 Å². The summed E-state index contributed by atoms with van der Waals surface area (Å²) in [5.74, 6) is 0.749. The Hall–Kier alpha value is -3.55. The molecule has 0 saturated carbocycles. The molecule has 0 atom stereocenters. The van der Waals surface area contributed by atoms with Crippen molar-refractivity contribution in [2.24, 2.45) is 0 Å². The summed E-state index contributed by atoms with van der Waals surface area (Å²) in [6, 6.07) is 27.2. The van der Waals surface area contributed by atoms with Gasteiger partial charge in [0.05, 0.1) is 18.6 Å². The van der Waals surface area contributed by atoms with Gasteiger partial charge in [-0.15, -0.1) is 0 Å². The second-order valence-corrected chi connectivity index (χ2v) is 10.1. The van der Waals surface area contributed by atoms with E-state index in [0.717, 1.165) is 38.1 Å². The van der Waals surface area contributed by atoms with E-state index in [0.29, 0.717) is 28.6 Å². The lowest BCUT2D eigenvalue weighted by Gasteiger charge is -2.15. The van der Waals surface area contributed by atoms with Crippen LogP contribution in [0.15, 0.2) is 94.3 Å². The Balaban J connectivity index is 1.41. The van der Waals surface area contributed by atoms with E-state index in [4.69, 9.17) is 9.47 Å². The van der Waals surface area contributed by atoms with Crippen LogP contribution < -0.4 is 9.47 Å². The average Bonchev–Trinajstić information content (AvgIpc) is 3.16. The molecule has 4 aromatic rings. The summed E-state index contributed by atoms with van der Waals surface area (Å²) in [6.45, 7) is 0.547. The van der Waals surface area contributed by atoms with Gasteiger partial charge in [0.2, 0.25) is 0 Å². The summed E-state index contributed by atoms with van der Waals surface area (Å²) < 4.78 is 12.6. The molecule has 0 spiro atoms. The van der Waals surface area contributed by atoms with Crippen LogP contribution in [0.4, 0.5) is 4.79 Å². The molecule has 180 valence electrons. The van der Waals surface area contributed by atoms with Gasteiger partial charge in [0.1, 0.15) is 6.61 Å². The molecule has 0 aromatic heterocycles. The number of methoxy groups -OCH3 is 1. The second-order valence-electron chi connectivity index (χ2n) is 8.20. The molecule has 1 heterocycles. The van der Waals surface area contributed by atoms with Crippen LogP contribution in [0.25, 0.3) is 16.8 Å². The zero-order chi connectivity index (χ0) is 25.1. The second kappa shape index (κ2) is 10.6. The molecule has 1 saturated heterocycles. The first-order chi connectivity index (χ1) is 17.5. The molecule has 1 aliphatic heterocycles. The molecule has 36 heavy (non-hydrogen) atoms. The van der Waals surface area contributed by atoms with Crippen LogP contribution in [0.3, 0.4) is 0 Å². The highest BCUT2D eigenvalue weighted by molar-refractivity contribution is 9.10. The lowest BCUT2D eigenvalue weighted by molar-refractivity contribution is -0.123. The molecular formula is C29H22BrNO4S. The molecule has 1 fully saturated rings. The van der Waals surface area contributed by atoms with Gasteiger partial charge in [-0.3, -0.25) is 14.5 Å². The maximum Gasteiger partial charge on any atom is 0.293 e. The lowest BCUT2D eigenvalue weighted by atomic mass is 10.0. The number of rotatable bonds is 7. The number of para-hydroxylation sites is 1. The largest absolute Gasteiger partial charge is 0.493 e. The molecule has 0 radical (unpaired) electrons. The third-order valence-corrected chi connectivity index (χ3v) is 7.33. The Labute approximate surface area is 221 Å². The fourth-order valence-corrected chi connectivity index (χ4v) is 5.17. The Morgan fingerprint density at radius 1 is 0.917 bits per heavy atom. The fraction of sp³-hybridized carbons (Fsp3) is 0.103. The zero-order valence-corrected chi connectivity index (χ0v) is 21.8. The van der Waals surface area contributed by atoms with E-state index < -0.39 is 0 Å². The Morgan fingerprint density at radius 2 is 1.67 bits per heavy atom. The third-order valence-electron chi connectivity index (χ3n) is 5.89. The number of ether oxygens (including phenoxy) is 2. The number of fused-ring (bicyclic) bond motifs is 1. The monoisotopic (exact) mass is 559 g/mol. The van der Waals surface area contributed by atoms with Gasteiger partial charge in [0, 0.05) is 10.0 Å². The van der Waals surface area contributed by atoms with Crippen LogP contribution in [0, 0.1) is 0 Å². The van der Waals surface area contributed by atoms with Gasteiger partial charge in [-0.1, -0.05) is 82.7 Å². The number of thioether (sulfide) groups is 1. The molecule has 0 bridgehead atoms. The minimum atomic E-state index is -0.320. The first-order valence-corrected chi connectivity index (χ1v) is 12.9. The zero-order valence-electron chi connectivity index (χ0n) is 19.4. The minimum absolute atomic E-state index is 0.217. The average molecular weight is 560 g/mol. The van der Waals surface area contributed by atoms with Crippen LogP contribution in [0.1, 0.15) is 16.7 Å². The molecule has 5 rings (SSSR count). The van der Waals surface area contributed by atoms with Crippen molar-refractivity contribution >= 4 is 55.7 Å². The van der Waals surface area contributed by atoms with Crippen LogP contribution in [0.5, 0.6) is 11.5 Å².